The Labute approximate surface area is 249 Å². The van der Waals surface area contributed by atoms with Crippen molar-refractivity contribution in [1.82, 2.24) is 0 Å². The van der Waals surface area contributed by atoms with Gasteiger partial charge in [-0.1, -0.05) is 140 Å². The van der Waals surface area contributed by atoms with Gasteiger partial charge in [-0.15, -0.1) is 0 Å². The summed E-state index contributed by atoms with van der Waals surface area (Å²) < 4.78 is 0. The Balaban J connectivity index is 1.68. The minimum Gasteiger partial charge on any atom is -0.0616 e. The average Bonchev–Trinajstić information content (AvgIpc) is 2.94. The highest BCUT2D eigenvalue weighted by molar-refractivity contribution is 6.25. The molecular weight excluding hydrogens is 504 g/mol. The zero-order chi connectivity index (χ0) is 29.4. The molecule has 0 bridgehead atoms. The lowest BCUT2D eigenvalue weighted by Gasteiger charge is -2.57. The molecule has 0 spiro atoms. The molecule has 0 amide bonds. The molecule has 0 fully saturated rings. The molecule has 0 saturated carbocycles. The van der Waals surface area contributed by atoms with Gasteiger partial charge in [-0.3, -0.25) is 0 Å². The van der Waals surface area contributed by atoms with Gasteiger partial charge in [0.1, 0.15) is 0 Å². The predicted octanol–water partition coefficient (Wildman–Crippen LogP) is 9.87. The van der Waals surface area contributed by atoms with Crippen LogP contribution in [-0.4, -0.2) is 0 Å². The normalized spacial score (nSPS) is 24.8. The molecule has 0 radical (unpaired) electrons. The summed E-state index contributed by atoms with van der Waals surface area (Å²) in [5.41, 5.74) is 8.41. The second kappa shape index (κ2) is 7.93. The smallest absolute Gasteiger partial charge is 0.0315 e. The maximum atomic E-state index is 2.55. The summed E-state index contributed by atoms with van der Waals surface area (Å²) >= 11 is 0. The summed E-state index contributed by atoms with van der Waals surface area (Å²) in [6.45, 7) is 19.1. The molecule has 0 N–H and O–H groups in total. The molecule has 4 aliphatic rings. The molecule has 8 rings (SSSR count). The van der Waals surface area contributed by atoms with Crippen molar-refractivity contribution < 1.29 is 0 Å². The van der Waals surface area contributed by atoms with Crippen LogP contribution in [0, 0.1) is 21.7 Å². The van der Waals surface area contributed by atoms with Crippen molar-refractivity contribution in [3.63, 3.8) is 0 Å². The van der Waals surface area contributed by atoms with Crippen molar-refractivity contribution in [3.05, 3.63) is 130 Å². The molecule has 0 saturated heterocycles. The third-order valence-electron chi connectivity index (χ3n) is 11.1. The maximum absolute atomic E-state index is 2.55. The third-order valence-corrected chi connectivity index (χ3v) is 11.1. The SMILES string of the molecule is CC(C)(C)C1=CC2=c3cc4c5ccccc5c5ccccc5c4cc3=C3C=C(C(C)(C)C)C=C4C=CC(=C1)[C@]2(C)[C@@]43C. The molecule has 0 nitrogen and oxygen atoms in total. The summed E-state index contributed by atoms with van der Waals surface area (Å²) in [7, 11) is 0. The van der Waals surface area contributed by atoms with Crippen LogP contribution in [0.3, 0.4) is 0 Å². The molecule has 0 aliphatic heterocycles. The Hall–Kier alpha value is -3.90. The number of hydrogen-bond donors (Lipinski definition) is 0. The summed E-state index contributed by atoms with van der Waals surface area (Å²) in [6, 6.07) is 23.0. The zero-order valence-corrected chi connectivity index (χ0v) is 26.2. The van der Waals surface area contributed by atoms with Crippen LogP contribution in [0.5, 0.6) is 0 Å². The molecule has 4 aliphatic carbocycles. The lowest BCUT2D eigenvalue weighted by atomic mass is 9.45. The molecule has 42 heavy (non-hydrogen) atoms. The second-order valence-corrected chi connectivity index (χ2v) is 15.3. The highest BCUT2D eigenvalue weighted by Gasteiger charge is 2.57. The van der Waals surface area contributed by atoms with E-state index in [1.54, 1.807) is 0 Å². The molecule has 208 valence electrons. The van der Waals surface area contributed by atoms with Gasteiger partial charge >= 0.3 is 0 Å². The van der Waals surface area contributed by atoms with E-state index in [-0.39, 0.29) is 21.7 Å². The van der Waals surface area contributed by atoms with E-state index in [9.17, 15) is 0 Å². The fourth-order valence-corrected chi connectivity index (χ4v) is 8.30. The van der Waals surface area contributed by atoms with Gasteiger partial charge in [0.25, 0.3) is 0 Å². The van der Waals surface area contributed by atoms with Crippen LogP contribution in [0.4, 0.5) is 0 Å². The van der Waals surface area contributed by atoms with E-state index in [1.807, 2.05) is 0 Å². The lowest BCUT2D eigenvalue weighted by Crippen LogP contribution is -2.54. The fourth-order valence-electron chi connectivity index (χ4n) is 8.30. The van der Waals surface area contributed by atoms with Crippen LogP contribution in [0.1, 0.15) is 55.4 Å². The van der Waals surface area contributed by atoms with E-state index in [1.165, 1.54) is 76.2 Å². The molecule has 0 heteroatoms. The number of fused-ring (bicyclic) bond motifs is 7. The molecule has 4 aromatic rings. The zero-order valence-electron chi connectivity index (χ0n) is 26.2. The van der Waals surface area contributed by atoms with Crippen molar-refractivity contribution in [3.8, 4) is 0 Å². The second-order valence-electron chi connectivity index (χ2n) is 15.3. The molecule has 0 heterocycles. The first-order valence-corrected chi connectivity index (χ1v) is 15.5. The van der Waals surface area contributed by atoms with Crippen LogP contribution in [0.25, 0.3) is 43.5 Å². The van der Waals surface area contributed by atoms with E-state index in [0.717, 1.165) is 0 Å². The largest absolute Gasteiger partial charge is 0.0616 e. The Bertz CT molecular complexity index is 2050. The van der Waals surface area contributed by atoms with E-state index in [4.69, 9.17) is 0 Å². The molecule has 4 aromatic carbocycles. The molecular formula is C42H40. The molecule has 0 aromatic heterocycles. The first kappa shape index (κ1) is 25.8. The van der Waals surface area contributed by atoms with Crippen molar-refractivity contribution in [2.75, 3.05) is 0 Å². The Morgan fingerprint density at radius 2 is 0.786 bits per heavy atom. The monoisotopic (exact) mass is 544 g/mol. The van der Waals surface area contributed by atoms with Gasteiger partial charge in [-0.2, -0.15) is 0 Å². The summed E-state index contributed by atoms with van der Waals surface area (Å²) in [6.07, 6.45) is 14.9. The molecule has 0 unspecified atom stereocenters. The number of rotatable bonds is 0. The summed E-state index contributed by atoms with van der Waals surface area (Å²) in [5, 5.41) is 10.8. The van der Waals surface area contributed by atoms with Crippen molar-refractivity contribution in [2.24, 2.45) is 21.7 Å². The van der Waals surface area contributed by atoms with Crippen LogP contribution in [0.15, 0.2) is 119 Å². The van der Waals surface area contributed by atoms with Crippen molar-refractivity contribution in [2.45, 2.75) is 55.4 Å². The number of allylic oxidation sites excluding steroid dienone is 10. The quantitative estimate of drug-likeness (QED) is 0.193. The van der Waals surface area contributed by atoms with Gasteiger partial charge in [0, 0.05) is 10.8 Å². The third kappa shape index (κ3) is 3.08. The standard InChI is InChI=1S/C42H40/c1-39(2,3)27-19-25-17-18-26-20-28(40(4,5)6)22-38-36-24-34-32-16-12-10-14-30(32)29-13-9-11-15-31(29)33(34)23-35(36)37(21-27)41(25,7)42(26,38)8/h9-24H,1-8H3/t41-,42-/m0/s1. The number of hydrogen-bond acceptors (Lipinski definition) is 0. The van der Waals surface area contributed by atoms with Gasteiger partial charge < -0.3 is 0 Å². The average molecular weight is 545 g/mol. The Morgan fingerprint density at radius 1 is 0.452 bits per heavy atom. The van der Waals surface area contributed by atoms with Gasteiger partial charge in [0.15, 0.2) is 0 Å². The van der Waals surface area contributed by atoms with Gasteiger partial charge in [0.05, 0.1) is 0 Å². The van der Waals surface area contributed by atoms with Crippen LogP contribution in [-0.2, 0) is 0 Å². The van der Waals surface area contributed by atoms with Crippen LogP contribution < -0.4 is 10.4 Å². The Morgan fingerprint density at radius 3 is 1.12 bits per heavy atom. The Kier molecular flexibility index (Phi) is 4.87. The predicted molar refractivity (Wildman–Crippen MR) is 182 cm³/mol. The van der Waals surface area contributed by atoms with Crippen LogP contribution in [0.2, 0.25) is 0 Å². The van der Waals surface area contributed by atoms with Crippen LogP contribution >= 0.6 is 0 Å². The van der Waals surface area contributed by atoms with Gasteiger partial charge in [-0.25, -0.2) is 0 Å². The van der Waals surface area contributed by atoms with E-state index in [2.05, 4.69) is 153 Å². The van der Waals surface area contributed by atoms with Gasteiger partial charge in [-0.05, 0) is 99.2 Å². The minimum atomic E-state index is -0.162. The van der Waals surface area contributed by atoms with E-state index in [0.29, 0.717) is 0 Å². The first-order valence-electron chi connectivity index (χ1n) is 15.5. The topological polar surface area (TPSA) is 0 Å². The highest BCUT2D eigenvalue weighted by atomic mass is 14.6. The maximum Gasteiger partial charge on any atom is 0.0315 e. The fraction of sp³-hybridized carbons (Fsp3) is 0.286. The minimum absolute atomic E-state index is 0.0575. The number of benzene rings is 4. The molecule has 2 atom stereocenters. The van der Waals surface area contributed by atoms with Crippen molar-refractivity contribution in [1.29, 1.82) is 0 Å². The lowest BCUT2D eigenvalue weighted by molar-refractivity contribution is 0.298. The van der Waals surface area contributed by atoms with E-state index >= 15 is 0 Å². The van der Waals surface area contributed by atoms with Crippen molar-refractivity contribution >= 4 is 43.5 Å². The first-order chi connectivity index (χ1) is 19.8. The van der Waals surface area contributed by atoms with Gasteiger partial charge in [0.2, 0.25) is 0 Å². The summed E-state index contributed by atoms with van der Waals surface area (Å²) in [5.74, 6) is 0. The summed E-state index contributed by atoms with van der Waals surface area (Å²) in [4.78, 5) is 0. The highest BCUT2D eigenvalue weighted by Crippen LogP contribution is 2.66. The van der Waals surface area contributed by atoms with E-state index < -0.39 is 0 Å².